The summed E-state index contributed by atoms with van der Waals surface area (Å²) >= 11 is 7.57. The third kappa shape index (κ3) is 3.93. The molecule has 19 heavy (non-hydrogen) atoms. The molecule has 2 rings (SSSR count). The van der Waals surface area contributed by atoms with Crippen LogP contribution in [-0.2, 0) is 5.75 Å². The molecule has 2 aromatic rings. The summed E-state index contributed by atoms with van der Waals surface area (Å²) in [6, 6.07) is 7.70. The maximum atomic E-state index is 9.53. The quantitative estimate of drug-likeness (QED) is 0.872. The van der Waals surface area contributed by atoms with E-state index in [2.05, 4.69) is 9.97 Å². The fourth-order valence-electron chi connectivity index (χ4n) is 1.71. The third-order valence-corrected chi connectivity index (χ3v) is 3.91. The maximum Gasteiger partial charge on any atom is 0.138 e. The van der Waals surface area contributed by atoms with Crippen molar-refractivity contribution in [3.05, 3.63) is 52.6 Å². The van der Waals surface area contributed by atoms with Gasteiger partial charge in [-0.05, 0) is 32.0 Å². The Kier molecular flexibility index (Phi) is 4.80. The summed E-state index contributed by atoms with van der Waals surface area (Å²) in [4.78, 5) is 9.77. The fraction of sp³-hybridized carbons (Fsp3) is 0.286. The van der Waals surface area contributed by atoms with Crippen LogP contribution in [0.3, 0.4) is 0 Å². The molecule has 1 N–H and O–H groups in total. The van der Waals surface area contributed by atoms with Crippen molar-refractivity contribution in [3.8, 4) is 0 Å². The Balaban J connectivity index is 2.06. The molecule has 0 saturated carbocycles. The van der Waals surface area contributed by atoms with Crippen LogP contribution in [0.5, 0.6) is 0 Å². The third-order valence-electron chi connectivity index (χ3n) is 2.68. The van der Waals surface area contributed by atoms with E-state index < -0.39 is 6.10 Å². The van der Waals surface area contributed by atoms with E-state index in [1.54, 1.807) is 24.9 Å². The molecule has 1 atom stereocenters. The molecule has 1 aromatic carbocycles. The van der Waals surface area contributed by atoms with Crippen molar-refractivity contribution in [1.82, 2.24) is 9.97 Å². The summed E-state index contributed by atoms with van der Waals surface area (Å²) in [6.07, 6.45) is 1.16. The molecule has 0 aliphatic heterocycles. The highest BCUT2D eigenvalue weighted by atomic mass is 35.5. The summed E-state index contributed by atoms with van der Waals surface area (Å²) in [5.41, 5.74) is 1.60. The second-order valence-corrected chi connectivity index (χ2v) is 5.73. The molecule has 0 spiro atoms. The van der Waals surface area contributed by atoms with E-state index >= 15 is 0 Å². The first-order valence-corrected chi connectivity index (χ1v) is 7.31. The van der Waals surface area contributed by atoms with Gasteiger partial charge in [-0.3, -0.25) is 0 Å². The number of aliphatic hydroxyl groups is 1. The Hall–Kier alpha value is -1.10. The van der Waals surface area contributed by atoms with Crippen LogP contribution in [-0.4, -0.2) is 15.1 Å². The molecule has 0 saturated heterocycles. The minimum absolute atomic E-state index is 0.533. The van der Waals surface area contributed by atoms with Crippen molar-refractivity contribution in [2.75, 3.05) is 0 Å². The monoisotopic (exact) mass is 294 g/mol. The highest BCUT2D eigenvalue weighted by Gasteiger charge is 2.08. The van der Waals surface area contributed by atoms with Gasteiger partial charge in [0.2, 0.25) is 0 Å². The zero-order chi connectivity index (χ0) is 13.8. The molecule has 100 valence electrons. The van der Waals surface area contributed by atoms with Gasteiger partial charge in [0.25, 0.3) is 0 Å². The van der Waals surface area contributed by atoms with Crippen molar-refractivity contribution >= 4 is 23.4 Å². The van der Waals surface area contributed by atoms with E-state index in [1.807, 2.05) is 31.2 Å². The molecule has 0 fully saturated rings. The number of hydrogen-bond donors (Lipinski definition) is 1. The van der Waals surface area contributed by atoms with Crippen LogP contribution < -0.4 is 0 Å². The number of aliphatic hydroxyl groups excluding tert-OH is 1. The Morgan fingerprint density at radius 2 is 2.21 bits per heavy atom. The number of aromatic nitrogens is 2. The lowest BCUT2D eigenvalue weighted by Gasteiger charge is -2.09. The Labute approximate surface area is 122 Å². The lowest BCUT2D eigenvalue weighted by atomic mass is 10.1. The predicted molar refractivity (Wildman–Crippen MR) is 78.4 cm³/mol. The van der Waals surface area contributed by atoms with Crippen LogP contribution in [0.4, 0.5) is 0 Å². The molecule has 0 radical (unpaired) electrons. The van der Waals surface area contributed by atoms with Crippen LogP contribution in [0.15, 0.2) is 35.4 Å². The number of aryl methyl sites for hydroxylation is 1. The van der Waals surface area contributed by atoms with E-state index in [0.717, 1.165) is 27.0 Å². The molecular formula is C14H15ClN2OS. The average Bonchev–Trinajstić information content (AvgIpc) is 2.36. The molecule has 3 nitrogen and oxygen atoms in total. The summed E-state index contributed by atoms with van der Waals surface area (Å²) < 4.78 is 0. The molecule has 0 bridgehead atoms. The number of benzene rings is 1. The summed E-state index contributed by atoms with van der Waals surface area (Å²) in [6.45, 7) is 3.60. The van der Waals surface area contributed by atoms with Crippen molar-refractivity contribution in [3.63, 3.8) is 0 Å². The number of nitrogens with zero attached hydrogens (tertiary/aromatic N) is 2. The van der Waals surface area contributed by atoms with E-state index in [9.17, 15) is 5.11 Å². The molecule has 1 aromatic heterocycles. The van der Waals surface area contributed by atoms with Crippen LogP contribution in [0.25, 0.3) is 0 Å². The van der Waals surface area contributed by atoms with E-state index in [-0.39, 0.29) is 0 Å². The van der Waals surface area contributed by atoms with E-state index in [4.69, 9.17) is 11.6 Å². The van der Waals surface area contributed by atoms with Gasteiger partial charge < -0.3 is 5.11 Å². The van der Waals surface area contributed by atoms with Gasteiger partial charge in [0, 0.05) is 27.4 Å². The van der Waals surface area contributed by atoms with Crippen LogP contribution in [0.2, 0.25) is 5.02 Å². The summed E-state index contributed by atoms with van der Waals surface area (Å²) in [5, 5.41) is 10.3. The largest absolute Gasteiger partial charge is 0.389 e. The van der Waals surface area contributed by atoms with E-state index in [0.29, 0.717) is 5.75 Å². The topological polar surface area (TPSA) is 46.0 Å². The number of hydrogen-bond acceptors (Lipinski definition) is 4. The highest BCUT2D eigenvalue weighted by Crippen LogP contribution is 2.24. The maximum absolute atomic E-state index is 9.53. The van der Waals surface area contributed by atoms with Gasteiger partial charge in [-0.2, -0.15) is 0 Å². The molecular weight excluding hydrogens is 280 g/mol. The first kappa shape index (κ1) is 14.3. The number of halogens is 1. The molecule has 0 aliphatic rings. The minimum atomic E-state index is -0.533. The molecule has 0 aliphatic carbocycles. The smallest absolute Gasteiger partial charge is 0.138 e. The van der Waals surface area contributed by atoms with E-state index in [1.165, 1.54) is 0 Å². The van der Waals surface area contributed by atoms with Crippen molar-refractivity contribution in [2.45, 2.75) is 30.6 Å². The summed E-state index contributed by atoms with van der Waals surface area (Å²) in [7, 11) is 0. The van der Waals surface area contributed by atoms with Crippen LogP contribution >= 0.6 is 23.4 Å². The van der Waals surface area contributed by atoms with Crippen LogP contribution in [0.1, 0.15) is 30.1 Å². The lowest BCUT2D eigenvalue weighted by Crippen LogP contribution is -2.02. The second kappa shape index (κ2) is 6.37. The summed E-state index contributed by atoms with van der Waals surface area (Å²) in [5.74, 6) is 1.44. The molecule has 1 heterocycles. The van der Waals surface area contributed by atoms with Crippen LogP contribution in [0, 0.1) is 6.92 Å². The van der Waals surface area contributed by atoms with Gasteiger partial charge in [0.05, 0.1) is 11.9 Å². The fourth-order valence-corrected chi connectivity index (χ4v) is 2.78. The molecule has 0 amide bonds. The SMILES string of the molecule is Cc1nc(CSc2cccc(Cl)c2)ncc1C(C)O. The first-order chi connectivity index (χ1) is 9.06. The Morgan fingerprint density at radius 1 is 1.42 bits per heavy atom. The molecule has 1 unspecified atom stereocenters. The highest BCUT2D eigenvalue weighted by molar-refractivity contribution is 7.98. The van der Waals surface area contributed by atoms with Crippen molar-refractivity contribution in [1.29, 1.82) is 0 Å². The average molecular weight is 295 g/mol. The zero-order valence-electron chi connectivity index (χ0n) is 10.8. The van der Waals surface area contributed by atoms with Gasteiger partial charge in [-0.25, -0.2) is 9.97 Å². The van der Waals surface area contributed by atoms with Crippen molar-refractivity contribution in [2.24, 2.45) is 0 Å². The van der Waals surface area contributed by atoms with Gasteiger partial charge in [0.15, 0.2) is 0 Å². The molecule has 5 heteroatoms. The second-order valence-electron chi connectivity index (χ2n) is 4.25. The van der Waals surface area contributed by atoms with Gasteiger partial charge in [-0.1, -0.05) is 17.7 Å². The first-order valence-electron chi connectivity index (χ1n) is 5.95. The minimum Gasteiger partial charge on any atom is -0.389 e. The Morgan fingerprint density at radius 3 is 2.84 bits per heavy atom. The lowest BCUT2D eigenvalue weighted by molar-refractivity contribution is 0.197. The zero-order valence-corrected chi connectivity index (χ0v) is 12.4. The number of thioether (sulfide) groups is 1. The normalized spacial score (nSPS) is 12.4. The van der Waals surface area contributed by atoms with Crippen molar-refractivity contribution < 1.29 is 5.11 Å². The van der Waals surface area contributed by atoms with Gasteiger partial charge in [-0.15, -0.1) is 11.8 Å². The predicted octanol–water partition coefficient (Wildman–Crippen LogP) is 3.78. The number of rotatable bonds is 4. The van der Waals surface area contributed by atoms with Gasteiger partial charge >= 0.3 is 0 Å². The van der Waals surface area contributed by atoms with Gasteiger partial charge in [0.1, 0.15) is 5.82 Å². The Bertz CT molecular complexity index is 575. The standard InChI is InChI=1S/C14H15ClN2OS/c1-9-13(10(2)18)7-16-14(17-9)8-19-12-5-3-4-11(15)6-12/h3-7,10,18H,8H2,1-2H3.